The molecule has 0 radical (unpaired) electrons. The number of benzene rings is 3. The summed E-state index contributed by atoms with van der Waals surface area (Å²) < 4.78 is 39.3. The van der Waals surface area contributed by atoms with Crippen LogP contribution in [0.2, 0.25) is 10.0 Å². The third-order valence-corrected chi connectivity index (χ3v) is 6.19. The second-order valence-electron chi connectivity index (χ2n) is 7.50. The van der Waals surface area contributed by atoms with Gasteiger partial charge in [0.25, 0.3) is 0 Å². The van der Waals surface area contributed by atoms with Gasteiger partial charge in [-0.2, -0.15) is 13.2 Å². The normalized spacial score (nSPS) is 18.3. The zero-order valence-electron chi connectivity index (χ0n) is 15.8. The van der Waals surface area contributed by atoms with E-state index in [1.807, 2.05) is 0 Å². The van der Waals surface area contributed by atoms with Crippen molar-refractivity contribution < 1.29 is 18.0 Å². The SMILES string of the molecule is CC1(Cc2c(Cl)cccc2Cl)C(=O)Nc2ccc(-c3cccc(C(F)(F)F)c3)cc21. The number of hydrogen-bond acceptors (Lipinski definition) is 1. The van der Waals surface area contributed by atoms with Crippen LogP contribution < -0.4 is 5.32 Å². The molecule has 3 aromatic rings. The van der Waals surface area contributed by atoms with Crippen LogP contribution in [0.5, 0.6) is 0 Å². The average molecular weight is 450 g/mol. The predicted octanol–water partition coefficient (Wildman–Crippen LogP) is 7.13. The highest BCUT2D eigenvalue weighted by Crippen LogP contribution is 2.44. The number of rotatable bonds is 3. The summed E-state index contributed by atoms with van der Waals surface area (Å²) in [5, 5.41) is 3.77. The van der Waals surface area contributed by atoms with Crippen LogP contribution in [0.3, 0.4) is 0 Å². The average Bonchev–Trinajstić information content (AvgIpc) is 2.94. The topological polar surface area (TPSA) is 29.1 Å². The third-order valence-electron chi connectivity index (χ3n) is 5.48. The summed E-state index contributed by atoms with van der Waals surface area (Å²) in [4.78, 5) is 12.9. The van der Waals surface area contributed by atoms with E-state index in [-0.39, 0.29) is 12.3 Å². The zero-order valence-corrected chi connectivity index (χ0v) is 17.3. The van der Waals surface area contributed by atoms with Gasteiger partial charge in [0.05, 0.1) is 11.0 Å². The summed E-state index contributed by atoms with van der Waals surface area (Å²) in [6.07, 6.45) is -4.17. The Morgan fingerprint density at radius 1 is 0.933 bits per heavy atom. The van der Waals surface area contributed by atoms with Gasteiger partial charge in [-0.1, -0.05) is 47.5 Å². The molecule has 1 heterocycles. The highest BCUT2D eigenvalue weighted by molar-refractivity contribution is 6.36. The number of alkyl halides is 3. The van der Waals surface area contributed by atoms with Crippen molar-refractivity contribution in [3.8, 4) is 11.1 Å². The lowest BCUT2D eigenvalue weighted by atomic mass is 9.77. The van der Waals surface area contributed by atoms with E-state index in [0.29, 0.717) is 38.0 Å². The van der Waals surface area contributed by atoms with Crippen LogP contribution in [0.15, 0.2) is 60.7 Å². The largest absolute Gasteiger partial charge is 0.416 e. The molecular weight excluding hydrogens is 434 g/mol. The summed E-state index contributed by atoms with van der Waals surface area (Å²) in [6.45, 7) is 1.78. The molecule has 4 rings (SSSR count). The van der Waals surface area contributed by atoms with Gasteiger partial charge < -0.3 is 5.32 Å². The Morgan fingerprint density at radius 2 is 1.57 bits per heavy atom. The van der Waals surface area contributed by atoms with Crippen molar-refractivity contribution in [1.29, 1.82) is 0 Å². The van der Waals surface area contributed by atoms with Gasteiger partial charge in [0.2, 0.25) is 5.91 Å². The zero-order chi connectivity index (χ0) is 21.7. The van der Waals surface area contributed by atoms with E-state index in [1.54, 1.807) is 49.4 Å². The van der Waals surface area contributed by atoms with Gasteiger partial charge >= 0.3 is 6.18 Å². The van der Waals surface area contributed by atoms with Crippen molar-refractivity contribution in [2.45, 2.75) is 24.9 Å². The first-order valence-electron chi connectivity index (χ1n) is 9.16. The van der Waals surface area contributed by atoms with Crippen molar-refractivity contribution >= 4 is 34.8 Å². The Kier molecular flexibility index (Phi) is 5.07. The van der Waals surface area contributed by atoms with Crippen molar-refractivity contribution in [1.82, 2.24) is 0 Å². The van der Waals surface area contributed by atoms with Gasteiger partial charge in [-0.3, -0.25) is 4.79 Å². The fourth-order valence-electron chi connectivity index (χ4n) is 3.78. The van der Waals surface area contributed by atoms with Crippen LogP contribution >= 0.6 is 23.2 Å². The standard InChI is InChI=1S/C23H16Cl2F3NO/c1-22(12-16-18(24)6-3-7-19(16)25)17-11-14(8-9-20(17)29-21(22)30)13-4-2-5-15(10-13)23(26,27)28/h2-11H,12H2,1H3,(H,29,30). The summed E-state index contributed by atoms with van der Waals surface area (Å²) >= 11 is 12.6. The maximum Gasteiger partial charge on any atom is 0.416 e. The molecule has 0 saturated carbocycles. The number of anilines is 1. The molecule has 2 nitrogen and oxygen atoms in total. The van der Waals surface area contributed by atoms with E-state index < -0.39 is 17.2 Å². The summed E-state index contributed by atoms with van der Waals surface area (Å²) in [5.74, 6) is -0.213. The quantitative estimate of drug-likeness (QED) is 0.452. The van der Waals surface area contributed by atoms with E-state index in [2.05, 4.69) is 5.32 Å². The Bertz CT molecular complexity index is 1140. The van der Waals surface area contributed by atoms with Crippen LogP contribution in [0.4, 0.5) is 18.9 Å². The first-order valence-corrected chi connectivity index (χ1v) is 9.92. The monoisotopic (exact) mass is 449 g/mol. The van der Waals surface area contributed by atoms with Gasteiger partial charge in [0, 0.05) is 15.7 Å². The molecule has 30 heavy (non-hydrogen) atoms. The molecule has 1 atom stereocenters. The van der Waals surface area contributed by atoms with Gasteiger partial charge in [-0.05, 0) is 72.0 Å². The second-order valence-corrected chi connectivity index (χ2v) is 8.32. The number of carbonyl (C=O) groups excluding carboxylic acids is 1. The number of fused-ring (bicyclic) bond motifs is 1. The predicted molar refractivity (Wildman–Crippen MR) is 113 cm³/mol. The van der Waals surface area contributed by atoms with Crippen molar-refractivity contribution in [2.24, 2.45) is 0 Å². The molecule has 1 aliphatic heterocycles. The summed E-state index contributed by atoms with van der Waals surface area (Å²) in [6, 6.07) is 15.4. The molecule has 0 aliphatic carbocycles. The van der Waals surface area contributed by atoms with Crippen molar-refractivity contribution in [3.05, 3.63) is 87.4 Å². The molecule has 154 valence electrons. The smallest absolute Gasteiger partial charge is 0.325 e. The van der Waals surface area contributed by atoms with E-state index >= 15 is 0 Å². The van der Waals surface area contributed by atoms with E-state index in [9.17, 15) is 18.0 Å². The molecule has 3 aromatic carbocycles. The molecule has 0 bridgehead atoms. The Balaban J connectivity index is 1.79. The molecule has 1 amide bonds. The molecule has 0 spiro atoms. The van der Waals surface area contributed by atoms with Crippen molar-refractivity contribution in [3.63, 3.8) is 0 Å². The van der Waals surface area contributed by atoms with E-state index in [4.69, 9.17) is 23.2 Å². The van der Waals surface area contributed by atoms with Gasteiger partial charge in [-0.15, -0.1) is 0 Å². The lowest BCUT2D eigenvalue weighted by Gasteiger charge is -2.24. The number of hydrogen-bond donors (Lipinski definition) is 1. The minimum absolute atomic E-state index is 0.213. The fraction of sp³-hybridized carbons (Fsp3) is 0.174. The van der Waals surface area contributed by atoms with Crippen LogP contribution in [0.25, 0.3) is 11.1 Å². The van der Waals surface area contributed by atoms with Crippen LogP contribution in [0.1, 0.15) is 23.6 Å². The Hall–Kier alpha value is -2.50. The number of halogens is 5. The minimum Gasteiger partial charge on any atom is -0.325 e. The fourth-order valence-corrected chi connectivity index (χ4v) is 4.31. The highest BCUT2D eigenvalue weighted by atomic mass is 35.5. The minimum atomic E-state index is -4.43. The van der Waals surface area contributed by atoms with E-state index in [0.717, 1.165) is 12.1 Å². The van der Waals surface area contributed by atoms with Crippen molar-refractivity contribution in [2.75, 3.05) is 5.32 Å². The van der Waals surface area contributed by atoms with Crippen LogP contribution in [0, 0.1) is 0 Å². The second kappa shape index (κ2) is 7.33. The van der Waals surface area contributed by atoms with Gasteiger partial charge in [0.1, 0.15) is 0 Å². The number of carbonyl (C=O) groups is 1. The summed E-state index contributed by atoms with van der Waals surface area (Å²) in [5.41, 5.74) is 1.29. The molecule has 0 aromatic heterocycles. The number of amides is 1. The molecule has 1 N–H and O–H groups in total. The number of nitrogens with one attached hydrogen (secondary N) is 1. The maximum atomic E-state index is 13.1. The van der Waals surface area contributed by atoms with Crippen LogP contribution in [-0.4, -0.2) is 5.91 Å². The Labute approximate surface area is 181 Å². The molecular formula is C23H16Cl2F3NO. The van der Waals surface area contributed by atoms with E-state index in [1.165, 1.54) is 6.07 Å². The first kappa shape index (κ1) is 20.8. The third kappa shape index (κ3) is 3.57. The molecule has 0 fully saturated rings. The maximum absolute atomic E-state index is 13.1. The Morgan fingerprint density at radius 3 is 2.23 bits per heavy atom. The molecule has 1 unspecified atom stereocenters. The first-order chi connectivity index (χ1) is 14.1. The van der Waals surface area contributed by atoms with Crippen LogP contribution in [-0.2, 0) is 22.8 Å². The lowest BCUT2D eigenvalue weighted by Crippen LogP contribution is -2.33. The summed E-state index contributed by atoms with van der Waals surface area (Å²) in [7, 11) is 0. The molecule has 0 saturated heterocycles. The van der Waals surface area contributed by atoms with Gasteiger partial charge in [-0.25, -0.2) is 0 Å². The lowest BCUT2D eigenvalue weighted by molar-refractivity contribution is -0.137. The molecule has 7 heteroatoms. The highest BCUT2D eigenvalue weighted by Gasteiger charge is 2.43. The van der Waals surface area contributed by atoms with Gasteiger partial charge in [0.15, 0.2) is 0 Å². The molecule has 1 aliphatic rings.